The first kappa shape index (κ1) is 28.6. The smallest absolute Gasteiger partial charge is 0.282 e. The van der Waals surface area contributed by atoms with Crippen LogP contribution in [0.3, 0.4) is 0 Å². The molecule has 13 heteroatoms. The molecule has 1 aromatic rings. The molecule has 1 rings (SSSR count). The van der Waals surface area contributed by atoms with Gasteiger partial charge < -0.3 is 27.8 Å². The van der Waals surface area contributed by atoms with Crippen LogP contribution < -0.4 is 27.8 Å². The summed E-state index contributed by atoms with van der Waals surface area (Å²) in [5.41, 5.74) is 16.0. The monoisotopic (exact) mass is 451 g/mol. The van der Waals surface area contributed by atoms with Crippen LogP contribution >= 0.6 is 24.8 Å². The number of halogens is 2. The number of nitro groups is 1. The molecule has 1 atom stereocenters. The van der Waals surface area contributed by atoms with Crippen molar-refractivity contribution in [1.29, 1.82) is 0 Å². The lowest BCUT2D eigenvalue weighted by atomic mass is 10.1. The van der Waals surface area contributed by atoms with Crippen LogP contribution in [0.15, 0.2) is 23.2 Å². The summed E-state index contributed by atoms with van der Waals surface area (Å²) in [4.78, 5) is 38.6. The number of carbonyl (C=O) groups is 2. The van der Waals surface area contributed by atoms with E-state index in [1.165, 1.54) is 12.1 Å². The summed E-state index contributed by atoms with van der Waals surface area (Å²) in [6.07, 6.45) is 0.852. The number of guanidine groups is 1. The molecule has 0 heterocycles. The highest BCUT2D eigenvalue weighted by atomic mass is 35.5. The molecule has 0 radical (unpaired) electrons. The molecule has 0 bridgehead atoms. The molecule has 8 N–H and O–H groups in total. The number of nitrogens with one attached hydrogen (secondary N) is 2. The van der Waals surface area contributed by atoms with E-state index in [0.29, 0.717) is 19.4 Å². The first-order chi connectivity index (χ1) is 12.6. The molecule has 1 aromatic carbocycles. The number of carbonyl (C=O) groups excluding carboxylic acids is 2. The minimum Gasteiger partial charge on any atom is -0.370 e. The van der Waals surface area contributed by atoms with Crippen LogP contribution in [0.2, 0.25) is 0 Å². The molecule has 0 aliphatic heterocycles. The quantitative estimate of drug-likeness (QED) is 0.121. The van der Waals surface area contributed by atoms with Gasteiger partial charge in [-0.3, -0.25) is 24.7 Å². The fraction of sp³-hybridized carbons (Fsp3) is 0.438. The van der Waals surface area contributed by atoms with Crippen LogP contribution in [-0.4, -0.2) is 41.3 Å². The Kier molecular flexibility index (Phi) is 13.3. The molecule has 11 nitrogen and oxygen atoms in total. The van der Waals surface area contributed by atoms with Crippen molar-refractivity contribution in [3.8, 4) is 0 Å². The minimum atomic E-state index is -0.817. The third kappa shape index (κ3) is 9.92. The Morgan fingerprint density at radius 1 is 1.24 bits per heavy atom. The fourth-order valence-corrected chi connectivity index (χ4v) is 2.18. The van der Waals surface area contributed by atoms with Gasteiger partial charge in [-0.05, 0) is 38.8 Å². The third-order valence-corrected chi connectivity index (χ3v) is 3.43. The van der Waals surface area contributed by atoms with E-state index >= 15 is 0 Å². The van der Waals surface area contributed by atoms with Crippen LogP contribution in [0.1, 0.15) is 37.0 Å². The fourth-order valence-electron chi connectivity index (χ4n) is 2.18. The molecule has 0 fully saturated rings. The molecular formula is C16H27Cl2N7O4. The van der Waals surface area contributed by atoms with Gasteiger partial charge in [0, 0.05) is 24.3 Å². The summed E-state index contributed by atoms with van der Waals surface area (Å²) in [5, 5.41) is 16.3. The van der Waals surface area contributed by atoms with Gasteiger partial charge in [0.1, 0.15) is 5.56 Å². The molecular weight excluding hydrogens is 425 g/mol. The maximum atomic E-state index is 12.2. The number of aliphatic imine (C=N–C) groups is 1. The normalized spacial score (nSPS) is 10.8. The molecule has 0 aliphatic carbocycles. The summed E-state index contributed by atoms with van der Waals surface area (Å²) in [5.74, 6) is -1.12. The third-order valence-electron chi connectivity index (χ3n) is 3.43. The predicted octanol–water partition coefficient (Wildman–Crippen LogP) is 0.896. The van der Waals surface area contributed by atoms with E-state index in [1.54, 1.807) is 13.8 Å². The molecule has 0 aromatic heterocycles. The highest BCUT2D eigenvalue weighted by Gasteiger charge is 2.22. The second-order valence-electron chi connectivity index (χ2n) is 6.16. The van der Waals surface area contributed by atoms with E-state index in [-0.39, 0.29) is 53.8 Å². The zero-order chi connectivity index (χ0) is 20.6. The van der Waals surface area contributed by atoms with E-state index in [1.807, 2.05) is 0 Å². The largest absolute Gasteiger partial charge is 0.370 e. The molecule has 0 saturated carbocycles. The van der Waals surface area contributed by atoms with Gasteiger partial charge in [0.25, 0.3) is 11.6 Å². The molecule has 0 saturated heterocycles. The van der Waals surface area contributed by atoms with E-state index < -0.39 is 22.8 Å². The van der Waals surface area contributed by atoms with Crippen molar-refractivity contribution >= 4 is 54.0 Å². The number of amides is 2. The summed E-state index contributed by atoms with van der Waals surface area (Å²) in [7, 11) is 0. The maximum absolute atomic E-state index is 12.2. The summed E-state index contributed by atoms with van der Waals surface area (Å²) in [6, 6.07) is 2.74. The van der Waals surface area contributed by atoms with Gasteiger partial charge in [-0.15, -0.1) is 24.8 Å². The van der Waals surface area contributed by atoms with Crippen LogP contribution in [0.4, 0.5) is 11.4 Å². The Labute approximate surface area is 180 Å². The van der Waals surface area contributed by atoms with E-state index in [0.717, 1.165) is 6.07 Å². The first-order valence-corrected chi connectivity index (χ1v) is 8.33. The number of benzene rings is 1. The molecule has 0 unspecified atom stereocenters. The number of rotatable bonds is 9. The van der Waals surface area contributed by atoms with E-state index in [2.05, 4.69) is 15.6 Å². The van der Waals surface area contributed by atoms with Gasteiger partial charge in [0.2, 0.25) is 5.91 Å². The average Bonchev–Trinajstić information content (AvgIpc) is 2.57. The lowest BCUT2D eigenvalue weighted by Gasteiger charge is -2.13. The maximum Gasteiger partial charge on any atom is 0.282 e. The lowest BCUT2D eigenvalue weighted by Crippen LogP contribution is -2.36. The average molecular weight is 452 g/mol. The van der Waals surface area contributed by atoms with Crippen molar-refractivity contribution < 1.29 is 14.5 Å². The molecule has 29 heavy (non-hydrogen) atoms. The van der Waals surface area contributed by atoms with Gasteiger partial charge in [-0.1, -0.05) is 0 Å². The summed E-state index contributed by atoms with van der Waals surface area (Å²) < 4.78 is 0. The zero-order valence-corrected chi connectivity index (χ0v) is 17.7. The molecule has 0 aliphatic rings. The Morgan fingerprint density at radius 2 is 1.86 bits per heavy atom. The predicted molar refractivity (Wildman–Crippen MR) is 117 cm³/mol. The minimum absolute atomic E-state index is 0. The van der Waals surface area contributed by atoms with Crippen molar-refractivity contribution in [1.82, 2.24) is 5.32 Å². The zero-order valence-electron chi connectivity index (χ0n) is 16.1. The standard InChI is InChI=1S/C16H25N7O4.2ClH/c1-9(2)21-14(24)11-8-10(5-6-13(11)23(26)27)22-15(25)12(17)4-3-7-20-16(18)19;;/h5-6,8-9,12H,3-4,7,17H2,1-2H3,(H,21,24)(H,22,25)(H4,18,19,20);2*1H/t12-;;/m0../s1. The van der Waals surface area contributed by atoms with Crippen molar-refractivity contribution in [3.05, 3.63) is 33.9 Å². The van der Waals surface area contributed by atoms with Crippen LogP contribution in [0.5, 0.6) is 0 Å². The Balaban J connectivity index is 0. The second-order valence-corrected chi connectivity index (χ2v) is 6.16. The van der Waals surface area contributed by atoms with Crippen molar-refractivity contribution in [2.75, 3.05) is 11.9 Å². The lowest BCUT2D eigenvalue weighted by molar-refractivity contribution is -0.385. The van der Waals surface area contributed by atoms with Gasteiger partial charge in [0.05, 0.1) is 11.0 Å². The number of anilines is 1. The molecule has 0 spiro atoms. The topological polar surface area (TPSA) is 192 Å². The van der Waals surface area contributed by atoms with Gasteiger partial charge in [-0.2, -0.15) is 0 Å². The Morgan fingerprint density at radius 3 is 2.38 bits per heavy atom. The second kappa shape index (κ2) is 13.5. The van der Waals surface area contributed by atoms with Crippen LogP contribution in [-0.2, 0) is 4.79 Å². The Hall–Kier alpha value is -2.63. The van der Waals surface area contributed by atoms with E-state index in [4.69, 9.17) is 17.2 Å². The van der Waals surface area contributed by atoms with Gasteiger partial charge in [0.15, 0.2) is 5.96 Å². The number of nitrogens with zero attached hydrogens (tertiary/aromatic N) is 2. The van der Waals surface area contributed by atoms with Crippen molar-refractivity contribution in [2.24, 2.45) is 22.2 Å². The first-order valence-electron chi connectivity index (χ1n) is 8.33. The highest BCUT2D eigenvalue weighted by molar-refractivity contribution is 6.01. The SMILES string of the molecule is CC(C)NC(=O)c1cc(NC(=O)[C@@H](N)CCCN=C(N)N)ccc1[N+](=O)[O-].Cl.Cl. The van der Waals surface area contributed by atoms with Crippen molar-refractivity contribution in [2.45, 2.75) is 38.8 Å². The van der Waals surface area contributed by atoms with Gasteiger partial charge in [-0.25, -0.2) is 0 Å². The number of hydrogen-bond donors (Lipinski definition) is 5. The number of nitrogens with two attached hydrogens (primary N) is 3. The summed E-state index contributed by atoms with van der Waals surface area (Å²) in [6.45, 7) is 3.81. The van der Waals surface area contributed by atoms with Crippen LogP contribution in [0.25, 0.3) is 0 Å². The van der Waals surface area contributed by atoms with Crippen molar-refractivity contribution in [3.63, 3.8) is 0 Å². The molecule has 164 valence electrons. The summed E-state index contributed by atoms with van der Waals surface area (Å²) >= 11 is 0. The Bertz CT molecular complexity index is 740. The number of hydrogen-bond acceptors (Lipinski definition) is 6. The van der Waals surface area contributed by atoms with Crippen LogP contribution in [0, 0.1) is 10.1 Å². The van der Waals surface area contributed by atoms with Gasteiger partial charge >= 0.3 is 0 Å². The molecule has 2 amide bonds. The van der Waals surface area contributed by atoms with E-state index in [9.17, 15) is 19.7 Å². The number of nitro benzene ring substituents is 1. The highest BCUT2D eigenvalue weighted by Crippen LogP contribution is 2.23.